The molecule has 1 saturated carbocycles. The molecule has 0 radical (unpaired) electrons. The van der Waals surface area contributed by atoms with Crippen LogP contribution in [0.25, 0.3) is 0 Å². The van der Waals surface area contributed by atoms with Crippen molar-refractivity contribution in [3.63, 3.8) is 0 Å². The fourth-order valence-corrected chi connectivity index (χ4v) is 4.11. The molecule has 7 nitrogen and oxygen atoms in total. The van der Waals surface area contributed by atoms with Crippen LogP contribution in [-0.2, 0) is 4.79 Å². The normalized spacial score (nSPS) is 32.6. The van der Waals surface area contributed by atoms with Crippen LogP contribution in [0.3, 0.4) is 0 Å². The van der Waals surface area contributed by atoms with Gasteiger partial charge in [0.25, 0.3) is 5.91 Å². The second-order valence-electron chi connectivity index (χ2n) is 7.17. The molecule has 0 aromatic heterocycles. The Morgan fingerprint density at radius 1 is 1.24 bits per heavy atom. The van der Waals surface area contributed by atoms with Crippen molar-refractivity contribution in [1.29, 1.82) is 0 Å². The Morgan fingerprint density at radius 3 is 3.12 bits per heavy atom. The molecule has 1 amide bonds. The quantitative estimate of drug-likeness (QED) is 0.752. The van der Waals surface area contributed by atoms with E-state index in [1.54, 1.807) is 0 Å². The van der Waals surface area contributed by atoms with Crippen LogP contribution in [0.5, 0.6) is 0 Å². The molecule has 1 aliphatic carbocycles. The second-order valence-corrected chi connectivity index (χ2v) is 7.17. The third kappa shape index (κ3) is 3.45. The van der Waals surface area contributed by atoms with Crippen LogP contribution in [0.2, 0.25) is 0 Å². The van der Waals surface area contributed by atoms with Crippen LogP contribution in [0.4, 0.5) is 0 Å². The number of hydrogen-bond acceptors (Lipinski definition) is 6. The van der Waals surface area contributed by atoms with Crippen LogP contribution < -0.4 is 10.7 Å². The predicted octanol–water partition coefficient (Wildman–Crippen LogP) is 2.29. The van der Waals surface area contributed by atoms with Gasteiger partial charge in [-0.1, -0.05) is 25.3 Å². The lowest BCUT2D eigenvalue weighted by molar-refractivity contribution is -0.115. The molecular weight excluding hydrogens is 316 g/mol. The van der Waals surface area contributed by atoms with E-state index in [1.807, 2.05) is 24.4 Å². The monoisotopic (exact) mass is 342 g/mol. The van der Waals surface area contributed by atoms with Gasteiger partial charge in [0.1, 0.15) is 11.9 Å². The van der Waals surface area contributed by atoms with E-state index in [-0.39, 0.29) is 24.2 Å². The average Bonchev–Trinajstić information content (AvgIpc) is 3.16. The maximum absolute atomic E-state index is 12.5. The van der Waals surface area contributed by atoms with Crippen molar-refractivity contribution < 1.29 is 4.79 Å². The number of hydrogen-bond donors (Lipinski definition) is 2. The molecule has 2 N–H and O–H groups in total. The minimum Gasteiger partial charge on any atom is -0.351 e. The minimum absolute atomic E-state index is 0.00590. The Hall–Kier alpha value is -2.18. The van der Waals surface area contributed by atoms with Gasteiger partial charge in [0.15, 0.2) is 6.17 Å². The van der Waals surface area contributed by atoms with Crippen molar-refractivity contribution in [2.75, 3.05) is 6.54 Å². The summed E-state index contributed by atoms with van der Waals surface area (Å²) in [5.41, 5.74) is 3.88. The molecule has 0 spiro atoms. The number of nitrogens with one attached hydrogen (secondary N) is 2. The first-order valence-corrected chi connectivity index (χ1v) is 9.46. The summed E-state index contributed by atoms with van der Waals surface area (Å²) in [6.07, 6.45) is 15.9. The van der Waals surface area contributed by atoms with Crippen molar-refractivity contribution in [2.45, 2.75) is 63.3 Å². The lowest BCUT2D eigenvalue weighted by Crippen LogP contribution is -2.38. The molecular formula is C18H26N6O. The molecule has 0 aromatic rings. The smallest absolute Gasteiger partial charge is 0.267 e. The second kappa shape index (κ2) is 7.37. The Morgan fingerprint density at radius 2 is 2.16 bits per heavy atom. The van der Waals surface area contributed by atoms with Crippen LogP contribution >= 0.6 is 0 Å². The van der Waals surface area contributed by atoms with E-state index in [0.717, 1.165) is 25.7 Å². The number of hydrazone groups is 1. The summed E-state index contributed by atoms with van der Waals surface area (Å²) in [6.45, 7) is 0.652. The summed E-state index contributed by atoms with van der Waals surface area (Å²) >= 11 is 0. The molecule has 3 heterocycles. The number of carbonyl (C=O) groups is 1. The van der Waals surface area contributed by atoms with Crippen LogP contribution in [-0.4, -0.2) is 41.4 Å². The van der Waals surface area contributed by atoms with Gasteiger partial charge < -0.3 is 15.6 Å². The van der Waals surface area contributed by atoms with Crippen molar-refractivity contribution in [2.24, 2.45) is 21.2 Å². The highest BCUT2D eigenvalue weighted by Crippen LogP contribution is 2.28. The fraction of sp³-hybridized carbons (Fsp3) is 0.667. The van der Waals surface area contributed by atoms with E-state index >= 15 is 0 Å². The molecule has 0 saturated heterocycles. The molecule has 4 unspecified atom stereocenters. The van der Waals surface area contributed by atoms with Gasteiger partial charge >= 0.3 is 0 Å². The van der Waals surface area contributed by atoms with Crippen molar-refractivity contribution in [3.05, 3.63) is 24.4 Å². The maximum Gasteiger partial charge on any atom is 0.267 e. The lowest BCUT2D eigenvalue weighted by atomic mass is 9.91. The SMILES string of the molecule is O=C(NCCCC1N=NC2C=CC=CN21)C1=NNC2CCCCCC12. The average molecular weight is 342 g/mol. The van der Waals surface area contributed by atoms with Crippen LogP contribution in [0.1, 0.15) is 44.9 Å². The molecule has 1 fully saturated rings. The Labute approximate surface area is 148 Å². The zero-order valence-corrected chi connectivity index (χ0v) is 14.5. The molecule has 4 aliphatic rings. The number of nitrogens with zero attached hydrogens (tertiary/aromatic N) is 4. The highest BCUT2D eigenvalue weighted by Gasteiger charge is 2.36. The zero-order chi connectivity index (χ0) is 17.1. The van der Waals surface area contributed by atoms with E-state index in [2.05, 4.69) is 31.0 Å². The summed E-state index contributed by atoms with van der Waals surface area (Å²) in [7, 11) is 0. The maximum atomic E-state index is 12.5. The third-order valence-corrected chi connectivity index (χ3v) is 5.50. The number of fused-ring (bicyclic) bond motifs is 2. The topological polar surface area (TPSA) is 81.5 Å². The molecule has 0 bridgehead atoms. The summed E-state index contributed by atoms with van der Waals surface area (Å²) in [6, 6.07) is 0.359. The van der Waals surface area contributed by atoms with Gasteiger partial charge in [-0.15, -0.1) is 0 Å². The molecule has 4 rings (SSSR count). The fourth-order valence-electron chi connectivity index (χ4n) is 4.11. The van der Waals surface area contributed by atoms with E-state index in [0.29, 0.717) is 18.3 Å². The largest absolute Gasteiger partial charge is 0.351 e. The van der Waals surface area contributed by atoms with Gasteiger partial charge in [0.2, 0.25) is 0 Å². The molecule has 134 valence electrons. The standard InChI is InChI=1S/C18H26N6O/c25-18(17-13-7-2-1-3-8-14(13)20-23-17)19-11-6-10-16-22-21-15-9-4-5-12-24(15)16/h4-5,9,12-16,20H,1-3,6-8,10-11H2,(H,19,25). The first kappa shape index (κ1) is 16.3. The van der Waals surface area contributed by atoms with Gasteiger partial charge in [-0.25, -0.2) is 0 Å². The number of rotatable bonds is 5. The highest BCUT2D eigenvalue weighted by molar-refractivity contribution is 6.40. The molecule has 0 aromatic carbocycles. The summed E-state index contributed by atoms with van der Waals surface area (Å²) in [5, 5.41) is 16.0. The lowest BCUT2D eigenvalue weighted by Gasteiger charge is -2.25. The van der Waals surface area contributed by atoms with E-state index in [9.17, 15) is 4.79 Å². The predicted molar refractivity (Wildman–Crippen MR) is 95.7 cm³/mol. The Balaban J connectivity index is 1.21. The summed E-state index contributed by atoms with van der Waals surface area (Å²) in [4.78, 5) is 14.6. The van der Waals surface area contributed by atoms with Gasteiger partial charge in [-0.2, -0.15) is 15.3 Å². The van der Waals surface area contributed by atoms with Gasteiger partial charge in [-0.05, 0) is 37.8 Å². The minimum atomic E-state index is -0.00590. The molecule has 7 heteroatoms. The van der Waals surface area contributed by atoms with Crippen molar-refractivity contribution >= 4 is 11.6 Å². The van der Waals surface area contributed by atoms with Crippen LogP contribution in [0, 0.1) is 5.92 Å². The Kier molecular flexibility index (Phi) is 4.81. The molecule has 3 aliphatic heterocycles. The third-order valence-electron chi connectivity index (χ3n) is 5.50. The van der Waals surface area contributed by atoms with E-state index in [1.165, 1.54) is 19.3 Å². The van der Waals surface area contributed by atoms with Crippen molar-refractivity contribution in [1.82, 2.24) is 15.6 Å². The van der Waals surface area contributed by atoms with Gasteiger partial charge in [-0.3, -0.25) is 4.79 Å². The van der Waals surface area contributed by atoms with E-state index in [4.69, 9.17) is 0 Å². The Bertz CT molecular complexity index is 625. The highest BCUT2D eigenvalue weighted by atomic mass is 16.2. The molecule has 25 heavy (non-hydrogen) atoms. The number of carbonyl (C=O) groups excluding carboxylic acids is 1. The number of allylic oxidation sites excluding steroid dienone is 2. The molecule has 4 atom stereocenters. The zero-order valence-electron chi connectivity index (χ0n) is 14.5. The van der Waals surface area contributed by atoms with Gasteiger partial charge in [0, 0.05) is 18.7 Å². The summed E-state index contributed by atoms with van der Waals surface area (Å²) < 4.78 is 0. The number of azo groups is 1. The number of amides is 1. The van der Waals surface area contributed by atoms with Crippen molar-refractivity contribution in [3.8, 4) is 0 Å². The first-order chi connectivity index (χ1) is 12.3. The first-order valence-electron chi connectivity index (χ1n) is 9.46. The summed E-state index contributed by atoms with van der Waals surface area (Å²) in [5.74, 6) is 0.283. The van der Waals surface area contributed by atoms with E-state index < -0.39 is 0 Å². The van der Waals surface area contributed by atoms with Crippen LogP contribution in [0.15, 0.2) is 39.8 Å². The van der Waals surface area contributed by atoms with Gasteiger partial charge in [0.05, 0.1) is 6.04 Å².